The van der Waals surface area contributed by atoms with Gasteiger partial charge in [-0.3, -0.25) is 0 Å². The number of hydrogen-bond acceptors (Lipinski definition) is 5. The van der Waals surface area contributed by atoms with Crippen LogP contribution in [0.1, 0.15) is 6.92 Å². The van der Waals surface area contributed by atoms with Crippen molar-refractivity contribution in [3.63, 3.8) is 0 Å². The first-order chi connectivity index (χ1) is 7.43. The van der Waals surface area contributed by atoms with Gasteiger partial charge in [0, 0.05) is 19.8 Å². The molecule has 0 heterocycles. The molecule has 16 heavy (non-hydrogen) atoms. The van der Waals surface area contributed by atoms with Crippen LogP contribution in [0.25, 0.3) is 0 Å². The molecule has 0 spiro atoms. The number of carbonyl (C=O) groups is 2. The van der Waals surface area contributed by atoms with E-state index in [1.807, 2.05) is 25.9 Å². The fraction of sp³-hybridized carbons (Fsp3) is 0.455. The number of nitrogens with zero attached hydrogens (tertiary/aromatic N) is 1. The second-order valence-electron chi connectivity index (χ2n) is 3.27. The minimum atomic E-state index is -0.713. The highest BCUT2D eigenvalue weighted by atomic mass is 16.5. The van der Waals surface area contributed by atoms with Gasteiger partial charge in [0.1, 0.15) is 5.57 Å². The zero-order valence-electron chi connectivity index (χ0n) is 10.2. The third-order valence-electron chi connectivity index (χ3n) is 2.01. The molecule has 0 N–H and O–H groups in total. The lowest BCUT2D eigenvalue weighted by atomic mass is 10.2. The highest BCUT2D eigenvalue weighted by Gasteiger charge is 2.18. The van der Waals surface area contributed by atoms with Crippen LogP contribution in [-0.4, -0.2) is 45.2 Å². The summed E-state index contributed by atoms with van der Waals surface area (Å²) in [6.45, 7) is 1.85. The van der Waals surface area contributed by atoms with Crippen molar-refractivity contribution < 1.29 is 19.1 Å². The molecule has 0 aromatic heterocycles. The average molecular weight is 227 g/mol. The minimum Gasteiger partial charge on any atom is -0.465 e. The zero-order valence-corrected chi connectivity index (χ0v) is 10.2. The van der Waals surface area contributed by atoms with E-state index in [-0.39, 0.29) is 5.57 Å². The zero-order chi connectivity index (χ0) is 12.7. The maximum absolute atomic E-state index is 11.3. The Bertz CT molecular complexity index is 311. The van der Waals surface area contributed by atoms with E-state index in [9.17, 15) is 9.59 Å². The van der Waals surface area contributed by atoms with Gasteiger partial charge in [-0.1, -0.05) is 0 Å². The Morgan fingerprint density at radius 3 is 1.75 bits per heavy atom. The van der Waals surface area contributed by atoms with E-state index in [0.717, 1.165) is 5.70 Å². The lowest BCUT2D eigenvalue weighted by Gasteiger charge is -2.11. The van der Waals surface area contributed by atoms with E-state index in [1.165, 1.54) is 20.3 Å². The van der Waals surface area contributed by atoms with Crippen molar-refractivity contribution in [2.75, 3.05) is 28.3 Å². The summed E-state index contributed by atoms with van der Waals surface area (Å²) >= 11 is 0. The molecule has 0 aromatic carbocycles. The Morgan fingerprint density at radius 1 is 1.00 bits per heavy atom. The first-order valence-corrected chi connectivity index (χ1v) is 4.66. The van der Waals surface area contributed by atoms with Crippen LogP contribution >= 0.6 is 0 Å². The topological polar surface area (TPSA) is 55.8 Å². The molecule has 0 fully saturated rings. The van der Waals surface area contributed by atoms with Gasteiger partial charge in [0.05, 0.1) is 14.2 Å². The van der Waals surface area contributed by atoms with Gasteiger partial charge in [-0.15, -0.1) is 0 Å². The van der Waals surface area contributed by atoms with E-state index < -0.39 is 11.9 Å². The van der Waals surface area contributed by atoms with Crippen LogP contribution in [0.5, 0.6) is 0 Å². The van der Waals surface area contributed by atoms with Gasteiger partial charge in [0.15, 0.2) is 0 Å². The molecule has 0 unspecified atom stereocenters. The number of allylic oxidation sites excluding steroid dienone is 3. The third-order valence-corrected chi connectivity index (χ3v) is 2.01. The van der Waals surface area contributed by atoms with E-state index in [4.69, 9.17) is 0 Å². The summed E-state index contributed by atoms with van der Waals surface area (Å²) in [4.78, 5) is 24.4. The number of hydrogen-bond donors (Lipinski definition) is 0. The first kappa shape index (κ1) is 14.2. The summed E-state index contributed by atoms with van der Waals surface area (Å²) in [6, 6.07) is 0. The van der Waals surface area contributed by atoms with Gasteiger partial charge >= 0.3 is 11.9 Å². The van der Waals surface area contributed by atoms with Gasteiger partial charge < -0.3 is 14.4 Å². The summed E-state index contributed by atoms with van der Waals surface area (Å²) in [5.74, 6) is -1.43. The number of rotatable bonds is 4. The fourth-order valence-corrected chi connectivity index (χ4v) is 0.792. The summed E-state index contributed by atoms with van der Waals surface area (Å²) < 4.78 is 8.95. The molecule has 0 saturated heterocycles. The average Bonchev–Trinajstić information content (AvgIpc) is 2.27. The van der Waals surface area contributed by atoms with E-state index >= 15 is 0 Å². The van der Waals surface area contributed by atoms with Crippen molar-refractivity contribution in [2.45, 2.75) is 6.92 Å². The summed E-state index contributed by atoms with van der Waals surface area (Å²) in [5, 5.41) is 0. The van der Waals surface area contributed by atoms with Crippen molar-refractivity contribution in [1.82, 2.24) is 4.90 Å². The van der Waals surface area contributed by atoms with Gasteiger partial charge in [-0.2, -0.15) is 0 Å². The normalized spacial score (nSPS) is 10.4. The van der Waals surface area contributed by atoms with E-state index in [0.29, 0.717) is 0 Å². The lowest BCUT2D eigenvalue weighted by Crippen LogP contribution is -2.16. The lowest BCUT2D eigenvalue weighted by molar-refractivity contribution is -0.144. The van der Waals surface area contributed by atoms with Gasteiger partial charge in [0.25, 0.3) is 0 Å². The van der Waals surface area contributed by atoms with Crippen molar-refractivity contribution in [1.29, 1.82) is 0 Å². The largest absolute Gasteiger partial charge is 0.465 e. The van der Waals surface area contributed by atoms with Crippen LogP contribution in [0.4, 0.5) is 0 Å². The van der Waals surface area contributed by atoms with Crippen molar-refractivity contribution in [2.24, 2.45) is 0 Å². The van der Waals surface area contributed by atoms with Crippen LogP contribution < -0.4 is 0 Å². The SMILES string of the molecule is COC(=O)C(=C/C=C(/C)N(C)C)C(=O)OC. The smallest absolute Gasteiger partial charge is 0.345 e. The Labute approximate surface area is 95.3 Å². The first-order valence-electron chi connectivity index (χ1n) is 4.66. The summed E-state index contributed by atoms with van der Waals surface area (Å²) in [6.07, 6.45) is 3.02. The summed E-state index contributed by atoms with van der Waals surface area (Å²) in [5.41, 5.74) is 0.761. The number of carbonyl (C=O) groups excluding carboxylic acids is 2. The maximum Gasteiger partial charge on any atom is 0.345 e. The summed E-state index contributed by atoms with van der Waals surface area (Å²) in [7, 11) is 6.13. The molecule has 0 saturated carbocycles. The molecule has 90 valence electrons. The number of esters is 2. The molecule has 0 amide bonds. The predicted molar refractivity (Wildman–Crippen MR) is 59.6 cm³/mol. The molecule has 0 aromatic rings. The van der Waals surface area contributed by atoms with Crippen molar-refractivity contribution in [3.8, 4) is 0 Å². The molecule has 0 aliphatic carbocycles. The molecular weight excluding hydrogens is 210 g/mol. The van der Waals surface area contributed by atoms with Crippen molar-refractivity contribution >= 4 is 11.9 Å². The third kappa shape index (κ3) is 4.16. The quantitative estimate of drug-likeness (QED) is 0.233. The van der Waals surface area contributed by atoms with Crippen LogP contribution in [0.2, 0.25) is 0 Å². The maximum atomic E-state index is 11.3. The Hall–Kier alpha value is -1.78. The van der Waals surface area contributed by atoms with Gasteiger partial charge in [-0.05, 0) is 19.1 Å². The van der Waals surface area contributed by atoms with Crippen LogP contribution in [-0.2, 0) is 19.1 Å². The molecule has 5 heteroatoms. The van der Waals surface area contributed by atoms with Crippen molar-refractivity contribution in [3.05, 3.63) is 23.4 Å². The molecule has 0 atom stereocenters. The molecule has 0 aliphatic rings. The highest BCUT2D eigenvalue weighted by molar-refractivity contribution is 6.14. The standard InChI is InChI=1S/C11H17NO4/c1-8(12(2)3)6-7-9(10(13)15-4)11(14)16-5/h6-7H,1-5H3/b8-6-. The van der Waals surface area contributed by atoms with E-state index in [1.54, 1.807) is 6.08 Å². The molecule has 0 bridgehead atoms. The second-order valence-corrected chi connectivity index (χ2v) is 3.27. The Kier molecular flexibility index (Phi) is 5.92. The molecule has 5 nitrogen and oxygen atoms in total. The number of ether oxygens (including phenoxy) is 2. The predicted octanol–water partition coefficient (Wildman–Crippen LogP) is 0.724. The molecular formula is C11H17NO4. The van der Waals surface area contributed by atoms with Crippen LogP contribution in [0, 0.1) is 0 Å². The van der Waals surface area contributed by atoms with Crippen LogP contribution in [0.15, 0.2) is 23.4 Å². The monoisotopic (exact) mass is 227 g/mol. The minimum absolute atomic E-state index is 0.133. The fourth-order valence-electron chi connectivity index (χ4n) is 0.792. The Morgan fingerprint density at radius 2 is 1.44 bits per heavy atom. The highest BCUT2D eigenvalue weighted by Crippen LogP contribution is 2.04. The van der Waals surface area contributed by atoms with E-state index in [2.05, 4.69) is 9.47 Å². The molecule has 0 aliphatic heterocycles. The van der Waals surface area contributed by atoms with Crippen LogP contribution in [0.3, 0.4) is 0 Å². The Balaban J connectivity index is 5.05. The number of methoxy groups -OCH3 is 2. The molecule has 0 radical (unpaired) electrons. The second kappa shape index (κ2) is 6.66. The molecule has 0 rings (SSSR count). The van der Waals surface area contributed by atoms with Gasteiger partial charge in [-0.25, -0.2) is 9.59 Å². The van der Waals surface area contributed by atoms with Gasteiger partial charge in [0.2, 0.25) is 0 Å².